The van der Waals surface area contributed by atoms with Gasteiger partial charge in [0.1, 0.15) is 5.75 Å². The first-order chi connectivity index (χ1) is 7.26. The molecule has 2 N–H and O–H groups in total. The van der Waals surface area contributed by atoms with Crippen molar-refractivity contribution in [2.24, 2.45) is 0 Å². The number of hydrogen-bond donors (Lipinski definition) is 1. The van der Waals surface area contributed by atoms with Crippen LogP contribution in [0.4, 0.5) is 0 Å². The number of aliphatic hydroxyl groups is 1. The fraction of sp³-hybridized carbons (Fsp3) is 0.364. The van der Waals surface area contributed by atoms with E-state index in [2.05, 4.69) is 9.69 Å². The van der Waals surface area contributed by atoms with E-state index in [1.807, 2.05) is 41.6 Å². The first kappa shape index (κ1) is 18.2. The predicted molar refractivity (Wildman–Crippen MR) is 64.2 cm³/mol. The van der Waals surface area contributed by atoms with Crippen molar-refractivity contribution in [1.29, 1.82) is 0 Å². The van der Waals surface area contributed by atoms with Crippen LogP contribution in [-0.2, 0) is 23.7 Å². The summed E-state index contributed by atoms with van der Waals surface area (Å²) in [5.41, 5.74) is 8.43. The number of nitrogens with one attached hydrogen (secondary N) is 1. The van der Waals surface area contributed by atoms with Crippen molar-refractivity contribution in [1.82, 2.24) is 0 Å². The molecule has 0 radical (unpaired) electrons. The Balaban J connectivity index is 0. The molecule has 5 heteroatoms. The Bertz CT molecular complexity index is 257. The number of ether oxygens (including phenoxy) is 1. The minimum atomic E-state index is -0.423. The van der Waals surface area contributed by atoms with E-state index in [-0.39, 0.29) is 14.0 Å². The number of hydrogen-bond acceptors (Lipinski definition) is 2. The Kier molecular flexibility index (Phi) is 12.9. The second-order valence-electron chi connectivity index (χ2n) is 2.93. The van der Waals surface area contributed by atoms with Gasteiger partial charge in [-0.25, -0.2) is 0 Å². The Labute approximate surface area is 112 Å². The molecule has 94 valence electrons. The van der Waals surface area contributed by atoms with E-state index in [1.165, 1.54) is 0 Å². The zero-order valence-electron chi connectivity index (χ0n) is 9.37. The summed E-state index contributed by atoms with van der Waals surface area (Å²) in [6.45, 7) is -0.0912. The van der Waals surface area contributed by atoms with Crippen molar-refractivity contribution >= 4 is 9.69 Å². The van der Waals surface area contributed by atoms with E-state index in [0.717, 1.165) is 11.3 Å². The van der Waals surface area contributed by atoms with Gasteiger partial charge in [-0.1, -0.05) is 12.1 Å². The molecule has 1 unspecified atom stereocenters. The summed E-state index contributed by atoms with van der Waals surface area (Å²) in [6, 6.07) is 7.12. The number of aliphatic hydroxyl groups excluding tert-OH is 1. The molecular formula is C11H17ClNO2Rh. The Hall–Kier alpha value is -0.147. The van der Waals surface area contributed by atoms with E-state index in [1.54, 1.807) is 7.11 Å². The number of methoxy groups -OCH3 is 1. The summed E-state index contributed by atoms with van der Waals surface area (Å²) in [7, 11) is 6.15. The van der Waals surface area contributed by atoms with Crippen LogP contribution in [-0.4, -0.2) is 24.9 Å². The van der Waals surface area contributed by atoms with Crippen LogP contribution in [0.25, 0.3) is 5.73 Å². The summed E-state index contributed by atoms with van der Waals surface area (Å²) in [5.74, 6) is 0.814. The first-order valence-electron chi connectivity index (χ1n) is 4.33. The van der Waals surface area contributed by atoms with Gasteiger partial charge in [0.25, 0.3) is 0 Å². The van der Waals surface area contributed by atoms with Crippen molar-refractivity contribution < 1.29 is 27.2 Å². The normalized spacial score (nSPS) is 10.6. The van der Waals surface area contributed by atoms with Crippen molar-refractivity contribution in [3.8, 4) is 5.75 Å². The quantitative estimate of drug-likeness (QED) is 0.680. The van der Waals surface area contributed by atoms with Gasteiger partial charge in [-0.05, 0) is 24.1 Å². The SMILES string of the molecule is COc1ccc(CC([NH-])CO)cc1.[CH3-].[Cl][Rh+2]. The van der Waals surface area contributed by atoms with Gasteiger partial charge in [0, 0.05) is 6.61 Å². The van der Waals surface area contributed by atoms with Gasteiger partial charge in [0.2, 0.25) is 0 Å². The van der Waals surface area contributed by atoms with E-state index in [4.69, 9.17) is 15.6 Å². The van der Waals surface area contributed by atoms with E-state index in [0.29, 0.717) is 6.42 Å². The maximum absolute atomic E-state index is 8.68. The van der Waals surface area contributed by atoms with Crippen LogP contribution < -0.4 is 4.74 Å². The second-order valence-corrected chi connectivity index (χ2v) is 2.93. The fourth-order valence-electron chi connectivity index (χ4n) is 1.11. The molecular weight excluding hydrogens is 316 g/mol. The van der Waals surface area contributed by atoms with E-state index < -0.39 is 6.04 Å². The third-order valence-corrected chi connectivity index (χ3v) is 1.86. The van der Waals surface area contributed by atoms with Gasteiger partial charge in [-0.3, -0.25) is 0 Å². The van der Waals surface area contributed by atoms with Crippen LogP contribution in [0.1, 0.15) is 5.56 Å². The summed E-state index contributed by atoms with van der Waals surface area (Å²) in [5, 5.41) is 8.68. The van der Waals surface area contributed by atoms with Gasteiger partial charge < -0.3 is 23.0 Å². The van der Waals surface area contributed by atoms with E-state index >= 15 is 0 Å². The number of benzene rings is 1. The summed E-state index contributed by atoms with van der Waals surface area (Å²) in [4.78, 5) is 0. The van der Waals surface area contributed by atoms with Gasteiger partial charge >= 0.3 is 27.0 Å². The molecule has 0 heterocycles. The van der Waals surface area contributed by atoms with Gasteiger partial charge in [0.05, 0.1) is 7.11 Å². The Morgan fingerprint density at radius 1 is 1.38 bits per heavy atom. The van der Waals surface area contributed by atoms with Crippen LogP contribution in [0.3, 0.4) is 0 Å². The monoisotopic (exact) mass is 333 g/mol. The van der Waals surface area contributed by atoms with Gasteiger partial charge in [-0.2, -0.15) is 0 Å². The fourth-order valence-corrected chi connectivity index (χ4v) is 1.11. The average molecular weight is 334 g/mol. The van der Waals surface area contributed by atoms with Crippen molar-refractivity contribution in [3.63, 3.8) is 0 Å². The van der Waals surface area contributed by atoms with Crippen LogP contribution in [0.5, 0.6) is 5.75 Å². The summed E-state index contributed by atoms with van der Waals surface area (Å²) >= 11 is 2.02. The molecule has 0 fully saturated rings. The summed E-state index contributed by atoms with van der Waals surface area (Å²) < 4.78 is 5.00. The van der Waals surface area contributed by atoms with E-state index in [9.17, 15) is 0 Å². The number of rotatable bonds is 4. The zero-order valence-corrected chi connectivity index (χ0v) is 11.8. The standard InChI is InChI=1S/C10H14NO2.CH3.ClH.Rh/c1-13-10-4-2-8(3-5-10)6-9(11)7-12;;;/h2-5,9,11-12H,6-7H2,1H3;1H3;1H;/q2*-1;;+3/p-1. The number of halogens is 1. The molecule has 0 aliphatic rings. The van der Waals surface area contributed by atoms with Crippen LogP contribution in [0, 0.1) is 7.43 Å². The van der Waals surface area contributed by atoms with Crippen LogP contribution in [0.2, 0.25) is 0 Å². The molecule has 0 saturated heterocycles. The van der Waals surface area contributed by atoms with Gasteiger partial charge in [0.15, 0.2) is 0 Å². The maximum atomic E-state index is 8.68. The van der Waals surface area contributed by atoms with Crippen molar-refractivity contribution in [2.75, 3.05) is 13.7 Å². The molecule has 3 nitrogen and oxygen atoms in total. The molecule has 0 aliphatic carbocycles. The zero-order chi connectivity index (χ0) is 11.7. The molecule has 1 aromatic rings. The molecule has 0 bridgehead atoms. The summed E-state index contributed by atoms with van der Waals surface area (Å²) in [6.07, 6.45) is 0.584. The predicted octanol–water partition coefficient (Wildman–Crippen LogP) is 2.79. The molecule has 0 aliphatic heterocycles. The van der Waals surface area contributed by atoms with Crippen LogP contribution in [0.15, 0.2) is 24.3 Å². The third kappa shape index (κ3) is 7.18. The molecule has 0 amide bonds. The Morgan fingerprint density at radius 2 is 1.88 bits per heavy atom. The minimum absolute atomic E-state index is 0. The second kappa shape index (κ2) is 11.3. The van der Waals surface area contributed by atoms with Crippen molar-refractivity contribution in [2.45, 2.75) is 12.5 Å². The molecule has 1 rings (SSSR count). The third-order valence-electron chi connectivity index (χ3n) is 1.86. The molecule has 1 atom stereocenters. The Morgan fingerprint density at radius 3 is 2.25 bits per heavy atom. The first-order valence-corrected chi connectivity index (χ1v) is 6.44. The molecule has 0 saturated carbocycles. The molecule has 16 heavy (non-hydrogen) atoms. The molecule has 1 aromatic carbocycles. The average Bonchev–Trinajstić information content (AvgIpc) is 2.32. The van der Waals surface area contributed by atoms with Crippen LogP contribution >= 0.6 is 9.69 Å². The topological polar surface area (TPSA) is 53.3 Å². The molecule has 0 spiro atoms. The molecule has 0 aromatic heterocycles. The van der Waals surface area contributed by atoms with Gasteiger partial charge in [-0.15, -0.1) is 6.04 Å². The van der Waals surface area contributed by atoms with Crippen molar-refractivity contribution in [3.05, 3.63) is 43.0 Å².